The highest BCUT2D eigenvalue weighted by Gasteiger charge is 2.26. The molecule has 6 heteroatoms. The Hall–Kier alpha value is -2.24. The maximum absolute atomic E-state index is 12.5. The van der Waals surface area contributed by atoms with E-state index in [2.05, 4.69) is 0 Å². The molecule has 0 spiro atoms. The van der Waals surface area contributed by atoms with Crippen LogP contribution in [-0.4, -0.2) is 36.4 Å². The number of ether oxygens (including phenoxy) is 1. The van der Waals surface area contributed by atoms with Crippen LogP contribution < -0.4 is 16.2 Å². The summed E-state index contributed by atoms with van der Waals surface area (Å²) in [5, 5.41) is 0. The van der Waals surface area contributed by atoms with Gasteiger partial charge in [0, 0.05) is 36.3 Å². The number of piperidine rings is 1. The van der Waals surface area contributed by atoms with Crippen molar-refractivity contribution in [2.45, 2.75) is 19.8 Å². The van der Waals surface area contributed by atoms with Gasteiger partial charge in [-0.25, -0.2) is 0 Å². The van der Waals surface area contributed by atoms with Crippen LogP contribution in [0.3, 0.4) is 0 Å². The van der Waals surface area contributed by atoms with E-state index in [4.69, 9.17) is 16.2 Å². The molecule has 1 saturated heterocycles. The number of amides is 2. The molecule has 2 amide bonds. The van der Waals surface area contributed by atoms with E-state index < -0.39 is 0 Å². The average Bonchev–Trinajstić information content (AvgIpc) is 2.46. The SMILES string of the molecule is CCOc1cc(N)cc(C(=O)N2CCC(C(N)=O)CC2)c1. The topological polar surface area (TPSA) is 98.7 Å². The number of carbonyl (C=O) groups is 2. The van der Waals surface area contributed by atoms with Crippen LogP contribution in [0.2, 0.25) is 0 Å². The molecule has 0 aromatic heterocycles. The third-order valence-electron chi connectivity index (χ3n) is 3.67. The molecule has 4 N–H and O–H groups in total. The maximum Gasteiger partial charge on any atom is 0.254 e. The van der Waals surface area contributed by atoms with Crippen molar-refractivity contribution >= 4 is 17.5 Å². The number of likely N-dealkylation sites (tertiary alicyclic amines) is 1. The van der Waals surface area contributed by atoms with Crippen LogP contribution in [0, 0.1) is 5.92 Å². The second-order valence-electron chi connectivity index (χ2n) is 5.19. The van der Waals surface area contributed by atoms with E-state index in [1.54, 1.807) is 23.1 Å². The second-order valence-corrected chi connectivity index (χ2v) is 5.19. The van der Waals surface area contributed by atoms with Crippen molar-refractivity contribution < 1.29 is 14.3 Å². The Labute approximate surface area is 124 Å². The number of nitrogens with zero attached hydrogens (tertiary/aromatic N) is 1. The van der Waals surface area contributed by atoms with Gasteiger partial charge >= 0.3 is 0 Å². The maximum atomic E-state index is 12.5. The zero-order chi connectivity index (χ0) is 15.4. The number of hydrogen-bond donors (Lipinski definition) is 2. The van der Waals surface area contributed by atoms with Crippen molar-refractivity contribution in [3.63, 3.8) is 0 Å². The molecular weight excluding hydrogens is 270 g/mol. The van der Waals surface area contributed by atoms with Crippen molar-refractivity contribution in [3.05, 3.63) is 23.8 Å². The molecule has 1 fully saturated rings. The Morgan fingerprint density at radius 3 is 2.52 bits per heavy atom. The zero-order valence-electron chi connectivity index (χ0n) is 12.2. The van der Waals surface area contributed by atoms with E-state index in [0.29, 0.717) is 49.5 Å². The summed E-state index contributed by atoms with van der Waals surface area (Å²) < 4.78 is 5.40. The van der Waals surface area contributed by atoms with E-state index in [-0.39, 0.29) is 17.7 Å². The number of carbonyl (C=O) groups excluding carboxylic acids is 2. The van der Waals surface area contributed by atoms with Crippen LogP contribution in [0.1, 0.15) is 30.1 Å². The minimum atomic E-state index is -0.287. The third kappa shape index (κ3) is 3.65. The van der Waals surface area contributed by atoms with Gasteiger partial charge in [-0.15, -0.1) is 0 Å². The Kier molecular flexibility index (Phi) is 4.67. The molecule has 1 aliphatic heterocycles. The number of nitrogens with two attached hydrogens (primary N) is 2. The van der Waals surface area contributed by atoms with Gasteiger partial charge in [-0.2, -0.15) is 0 Å². The fourth-order valence-corrected chi connectivity index (χ4v) is 2.55. The molecule has 0 unspecified atom stereocenters. The Morgan fingerprint density at radius 1 is 1.29 bits per heavy atom. The molecule has 6 nitrogen and oxygen atoms in total. The summed E-state index contributed by atoms with van der Waals surface area (Å²) in [6.45, 7) is 3.46. The molecule has 1 heterocycles. The standard InChI is InChI=1S/C15H21N3O3/c1-2-21-13-8-11(7-12(16)9-13)15(20)18-5-3-10(4-6-18)14(17)19/h7-10H,2-6,16H2,1H3,(H2,17,19). The van der Waals surface area contributed by atoms with Crippen molar-refractivity contribution in [3.8, 4) is 5.75 Å². The van der Waals surface area contributed by atoms with Crippen LogP contribution in [0.15, 0.2) is 18.2 Å². The van der Waals surface area contributed by atoms with E-state index in [0.717, 1.165) is 0 Å². The fourth-order valence-electron chi connectivity index (χ4n) is 2.55. The first-order chi connectivity index (χ1) is 10.0. The first-order valence-corrected chi connectivity index (χ1v) is 7.13. The molecule has 0 aliphatic carbocycles. The fraction of sp³-hybridized carbons (Fsp3) is 0.467. The van der Waals surface area contributed by atoms with Crippen LogP contribution in [0.4, 0.5) is 5.69 Å². The molecule has 0 atom stereocenters. The normalized spacial score (nSPS) is 15.8. The van der Waals surface area contributed by atoms with Crippen molar-refractivity contribution in [1.82, 2.24) is 4.90 Å². The minimum Gasteiger partial charge on any atom is -0.494 e. The van der Waals surface area contributed by atoms with Crippen molar-refractivity contribution in [2.75, 3.05) is 25.4 Å². The van der Waals surface area contributed by atoms with Gasteiger partial charge in [0.25, 0.3) is 5.91 Å². The van der Waals surface area contributed by atoms with E-state index in [1.165, 1.54) is 0 Å². The highest BCUT2D eigenvalue weighted by molar-refractivity contribution is 5.95. The number of benzene rings is 1. The summed E-state index contributed by atoms with van der Waals surface area (Å²) in [7, 11) is 0. The van der Waals surface area contributed by atoms with Gasteiger partial charge in [0.05, 0.1) is 6.61 Å². The number of hydrogen-bond acceptors (Lipinski definition) is 4. The quantitative estimate of drug-likeness (QED) is 0.809. The third-order valence-corrected chi connectivity index (χ3v) is 3.67. The summed E-state index contributed by atoms with van der Waals surface area (Å²) in [4.78, 5) is 25.4. The van der Waals surface area contributed by atoms with E-state index in [9.17, 15) is 9.59 Å². The molecule has 1 aromatic carbocycles. The summed E-state index contributed by atoms with van der Waals surface area (Å²) in [6, 6.07) is 5.03. The lowest BCUT2D eigenvalue weighted by molar-refractivity contribution is -0.123. The monoisotopic (exact) mass is 291 g/mol. The molecule has 0 radical (unpaired) electrons. The zero-order valence-corrected chi connectivity index (χ0v) is 12.2. The summed E-state index contributed by atoms with van der Waals surface area (Å²) in [5.41, 5.74) is 12.1. The summed E-state index contributed by atoms with van der Waals surface area (Å²) >= 11 is 0. The van der Waals surface area contributed by atoms with Crippen LogP contribution in [0.5, 0.6) is 5.75 Å². The van der Waals surface area contributed by atoms with Gasteiger partial charge < -0.3 is 21.1 Å². The predicted octanol–water partition coefficient (Wildman–Crippen LogP) is 1.00. The lowest BCUT2D eigenvalue weighted by Crippen LogP contribution is -2.41. The van der Waals surface area contributed by atoms with Crippen LogP contribution >= 0.6 is 0 Å². The Balaban J connectivity index is 2.08. The average molecular weight is 291 g/mol. The van der Waals surface area contributed by atoms with Crippen molar-refractivity contribution in [2.24, 2.45) is 11.7 Å². The highest BCUT2D eigenvalue weighted by Crippen LogP contribution is 2.23. The van der Waals surface area contributed by atoms with Crippen molar-refractivity contribution in [1.29, 1.82) is 0 Å². The van der Waals surface area contributed by atoms with Gasteiger partial charge in [-0.3, -0.25) is 9.59 Å². The van der Waals surface area contributed by atoms with Gasteiger partial charge in [0.2, 0.25) is 5.91 Å². The summed E-state index contributed by atoms with van der Waals surface area (Å²) in [6.07, 6.45) is 1.23. The lowest BCUT2D eigenvalue weighted by atomic mass is 9.96. The van der Waals surface area contributed by atoms with Crippen LogP contribution in [-0.2, 0) is 4.79 Å². The number of nitrogen functional groups attached to an aromatic ring is 1. The second kappa shape index (κ2) is 6.47. The predicted molar refractivity (Wildman–Crippen MR) is 79.8 cm³/mol. The number of primary amides is 1. The van der Waals surface area contributed by atoms with Gasteiger partial charge in [-0.1, -0.05) is 0 Å². The van der Waals surface area contributed by atoms with Crippen LogP contribution in [0.25, 0.3) is 0 Å². The molecule has 114 valence electrons. The van der Waals surface area contributed by atoms with E-state index in [1.807, 2.05) is 6.92 Å². The number of anilines is 1. The van der Waals surface area contributed by atoms with Gasteiger partial charge in [0.15, 0.2) is 0 Å². The van der Waals surface area contributed by atoms with E-state index >= 15 is 0 Å². The molecule has 0 saturated carbocycles. The number of rotatable bonds is 4. The first kappa shape index (κ1) is 15.2. The van der Waals surface area contributed by atoms with Gasteiger partial charge in [-0.05, 0) is 31.9 Å². The molecule has 0 bridgehead atoms. The molecule has 21 heavy (non-hydrogen) atoms. The molecule has 1 aromatic rings. The minimum absolute atomic E-state index is 0.0915. The molecule has 1 aliphatic rings. The smallest absolute Gasteiger partial charge is 0.254 e. The van der Waals surface area contributed by atoms with Gasteiger partial charge in [0.1, 0.15) is 5.75 Å². The molecular formula is C15H21N3O3. The lowest BCUT2D eigenvalue weighted by Gasteiger charge is -2.30. The largest absolute Gasteiger partial charge is 0.494 e. The Morgan fingerprint density at radius 2 is 1.95 bits per heavy atom. The first-order valence-electron chi connectivity index (χ1n) is 7.13. The highest BCUT2D eigenvalue weighted by atomic mass is 16.5. The Bertz CT molecular complexity index is 537. The molecule has 2 rings (SSSR count). The summed E-state index contributed by atoms with van der Waals surface area (Å²) in [5.74, 6) is 0.0811.